The highest BCUT2D eigenvalue weighted by Gasteiger charge is 2.12. The van der Waals surface area contributed by atoms with Gasteiger partial charge in [-0.2, -0.15) is 0 Å². The zero-order valence-corrected chi connectivity index (χ0v) is 14.6. The zero-order chi connectivity index (χ0) is 16.8. The second-order valence-corrected chi connectivity index (χ2v) is 5.62. The molecule has 0 N–H and O–H groups in total. The van der Waals surface area contributed by atoms with Crippen molar-refractivity contribution in [3.63, 3.8) is 0 Å². The highest BCUT2D eigenvalue weighted by molar-refractivity contribution is 9.10. The summed E-state index contributed by atoms with van der Waals surface area (Å²) in [6, 6.07) is 11.6. The molecule has 0 aromatic heterocycles. The molecule has 0 saturated carbocycles. The topological polar surface area (TPSA) is 52.6 Å². The fraction of sp³-hybridized carbons (Fsp3) is 0.222. The predicted molar refractivity (Wildman–Crippen MR) is 91.3 cm³/mol. The third kappa shape index (κ3) is 4.42. The lowest BCUT2D eigenvalue weighted by Gasteiger charge is -2.08. The van der Waals surface area contributed by atoms with E-state index in [1.165, 1.54) is 0 Å². The van der Waals surface area contributed by atoms with E-state index in [1.54, 1.807) is 49.4 Å². The van der Waals surface area contributed by atoms with Crippen molar-refractivity contribution in [2.75, 3.05) is 6.61 Å². The van der Waals surface area contributed by atoms with E-state index in [1.807, 2.05) is 6.92 Å². The molecule has 0 saturated heterocycles. The van der Waals surface area contributed by atoms with Crippen molar-refractivity contribution in [1.29, 1.82) is 0 Å². The Labute approximate surface area is 143 Å². The van der Waals surface area contributed by atoms with Gasteiger partial charge < -0.3 is 9.47 Å². The van der Waals surface area contributed by atoms with Crippen LogP contribution in [0.25, 0.3) is 0 Å². The van der Waals surface area contributed by atoms with Crippen LogP contribution in [0.1, 0.15) is 41.0 Å². The standard InChI is InChI=1S/C18H17BrO4/c1-3-16(20)12-5-8-14(9-6-12)23-18(21)13-7-10-17(22-4-2)15(19)11-13/h5-11H,3-4H2,1-2H3. The number of ketones is 1. The molecular formula is C18H17BrO4. The zero-order valence-electron chi connectivity index (χ0n) is 13.0. The molecule has 2 rings (SSSR count). The predicted octanol–water partition coefficient (Wildman–Crippen LogP) is 4.66. The van der Waals surface area contributed by atoms with Crippen LogP contribution < -0.4 is 9.47 Å². The molecular weight excluding hydrogens is 360 g/mol. The van der Waals surface area contributed by atoms with E-state index < -0.39 is 5.97 Å². The Balaban J connectivity index is 2.09. The maximum Gasteiger partial charge on any atom is 0.343 e. The second-order valence-electron chi connectivity index (χ2n) is 4.77. The van der Waals surface area contributed by atoms with Gasteiger partial charge in [-0.05, 0) is 65.3 Å². The second kappa shape index (κ2) is 7.92. The Morgan fingerprint density at radius 3 is 2.22 bits per heavy atom. The number of ether oxygens (including phenoxy) is 2. The van der Waals surface area contributed by atoms with E-state index in [0.717, 1.165) is 0 Å². The van der Waals surface area contributed by atoms with Crippen LogP contribution in [-0.4, -0.2) is 18.4 Å². The van der Waals surface area contributed by atoms with Gasteiger partial charge in [0, 0.05) is 12.0 Å². The van der Waals surface area contributed by atoms with Crippen LogP contribution in [0, 0.1) is 0 Å². The normalized spacial score (nSPS) is 10.2. The van der Waals surface area contributed by atoms with Gasteiger partial charge in [-0.15, -0.1) is 0 Å². The summed E-state index contributed by atoms with van der Waals surface area (Å²) < 4.78 is 11.4. The summed E-state index contributed by atoms with van der Waals surface area (Å²) in [7, 11) is 0. The Morgan fingerprint density at radius 2 is 1.65 bits per heavy atom. The number of hydrogen-bond acceptors (Lipinski definition) is 4. The quantitative estimate of drug-likeness (QED) is 0.417. The van der Waals surface area contributed by atoms with Crippen molar-refractivity contribution < 1.29 is 19.1 Å². The first kappa shape index (κ1) is 17.2. The smallest absolute Gasteiger partial charge is 0.343 e. The van der Waals surface area contributed by atoms with Gasteiger partial charge in [0.2, 0.25) is 0 Å². The monoisotopic (exact) mass is 376 g/mol. The minimum atomic E-state index is -0.469. The third-order valence-electron chi connectivity index (χ3n) is 3.18. The van der Waals surface area contributed by atoms with E-state index in [0.29, 0.717) is 40.1 Å². The number of hydrogen-bond donors (Lipinski definition) is 0. The maximum atomic E-state index is 12.2. The van der Waals surface area contributed by atoms with Gasteiger partial charge in [-0.3, -0.25) is 4.79 Å². The highest BCUT2D eigenvalue weighted by Crippen LogP contribution is 2.26. The first-order chi connectivity index (χ1) is 11.0. The van der Waals surface area contributed by atoms with E-state index in [2.05, 4.69) is 15.9 Å². The van der Waals surface area contributed by atoms with Gasteiger partial charge in [-0.25, -0.2) is 4.79 Å². The van der Waals surface area contributed by atoms with Crippen molar-refractivity contribution in [3.05, 3.63) is 58.1 Å². The van der Waals surface area contributed by atoms with Crippen LogP contribution in [0.15, 0.2) is 46.9 Å². The summed E-state index contributed by atoms with van der Waals surface area (Å²) in [5.41, 5.74) is 1.02. The first-order valence-electron chi connectivity index (χ1n) is 7.33. The fourth-order valence-corrected chi connectivity index (χ4v) is 2.47. The Kier molecular flexibility index (Phi) is 5.93. The van der Waals surface area contributed by atoms with Crippen molar-refractivity contribution in [3.8, 4) is 11.5 Å². The molecule has 0 aliphatic rings. The van der Waals surface area contributed by atoms with Crippen LogP contribution >= 0.6 is 15.9 Å². The van der Waals surface area contributed by atoms with E-state index in [9.17, 15) is 9.59 Å². The summed E-state index contributed by atoms with van der Waals surface area (Å²) in [6.07, 6.45) is 0.444. The molecule has 0 amide bonds. The molecule has 0 radical (unpaired) electrons. The molecule has 0 spiro atoms. The number of esters is 1. The molecule has 0 aliphatic carbocycles. The molecule has 2 aromatic carbocycles. The molecule has 0 aliphatic heterocycles. The summed E-state index contributed by atoms with van der Waals surface area (Å²) >= 11 is 3.36. The van der Waals surface area contributed by atoms with Gasteiger partial charge in [0.25, 0.3) is 0 Å². The number of halogens is 1. The molecule has 0 bridgehead atoms. The molecule has 2 aromatic rings. The summed E-state index contributed by atoms with van der Waals surface area (Å²) in [4.78, 5) is 23.7. The number of Topliss-reactive ketones (excluding diaryl/α,β-unsaturated/α-hetero) is 1. The highest BCUT2D eigenvalue weighted by atomic mass is 79.9. The van der Waals surface area contributed by atoms with Crippen molar-refractivity contribution in [1.82, 2.24) is 0 Å². The maximum absolute atomic E-state index is 12.2. The Hall–Kier alpha value is -2.14. The minimum absolute atomic E-state index is 0.0540. The fourth-order valence-electron chi connectivity index (χ4n) is 1.98. The van der Waals surface area contributed by atoms with Crippen molar-refractivity contribution in [2.24, 2.45) is 0 Å². The van der Waals surface area contributed by atoms with Gasteiger partial charge in [0.05, 0.1) is 16.6 Å². The molecule has 4 nitrogen and oxygen atoms in total. The Morgan fingerprint density at radius 1 is 1.00 bits per heavy atom. The van der Waals surface area contributed by atoms with Crippen LogP contribution in [0.3, 0.4) is 0 Å². The SMILES string of the molecule is CCOc1ccc(C(=O)Oc2ccc(C(=O)CC)cc2)cc1Br. The lowest BCUT2D eigenvalue weighted by Crippen LogP contribution is -2.09. The Bertz CT molecular complexity index is 707. The van der Waals surface area contributed by atoms with Gasteiger partial charge in [0.15, 0.2) is 5.78 Å². The van der Waals surface area contributed by atoms with Gasteiger partial charge in [-0.1, -0.05) is 6.92 Å². The molecule has 5 heteroatoms. The third-order valence-corrected chi connectivity index (χ3v) is 3.80. The number of carbonyl (C=O) groups excluding carboxylic acids is 2. The number of carbonyl (C=O) groups is 2. The van der Waals surface area contributed by atoms with E-state index >= 15 is 0 Å². The van der Waals surface area contributed by atoms with Crippen molar-refractivity contribution in [2.45, 2.75) is 20.3 Å². The van der Waals surface area contributed by atoms with Crippen LogP contribution in [0.5, 0.6) is 11.5 Å². The van der Waals surface area contributed by atoms with E-state index in [-0.39, 0.29) is 5.78 Å². The summed E-state index contributed by atoms with van der Waals surface area (Å²) in [5.74, 6) is 0.653. The average molecular weight is 377 g/mol. The first-order valence-corrected chi connectivity index (χ1v) is 8.12. The summed E-state index contributed by atoms with van der Waals surface area (Å²) in [6.45, 7) is 4.24. The average Bonchev–Trinajstić information content (AvgIpc) is 2.56. The summed E-state index contributed by atoms with van der Waals surface area (Å²) in [5, 5.41) is 0. The van der Waals surface area contributed by atoms with Crippen LogP contribution in [0.2, 0.25) is 0 Å². The van der Waals surface area contributed by atoms with E-state index in [4.69, 9.17) is 9.47 Å². The molecule has 0 unspecified atom stereocenters. The van der Waals surface area contributed by atoms with Crippen LogP contribution in [0.4, 0.5) is 0 Å². The number of rotatable bonds is 6. The lowest BCUT2D eigenvalue weighted by molar-refractivity contribution is 0.0734. The minimum Gasteiger partial charge on any atom is -0.493 e. The van der Waals surface area contributed by atoms with Gasteiger partial charge in [0.1, 0.15) is 11.5 Å². The molecule has 0 fully saturated rings. The molecule has 0 atom stereocenters. The van der Waals surface area contributed by atoms with Gasteiger partial charge >= 0.3 is 5.97 Å². The van der Waals surface area contributed by atoms with Crippen molar-refractivity contribution >= 4 is 27.7 Å². The lowest BCUT2D eigenvalue weighted by atomic mass is 10.1. The van der Waals surface area contributed by atoms with Crippen LogP contribution in [-0.2, 0) is 0 Å². The largest absolute Gasteiger partial charge is 0.493 e. The molecule has 120 valence electrons. The molecule has 0 heterocycles. The number of benzene rings is 2. The molecule has 23 heavy (non-hydrogen) atoms.